The van der Waals surface area contributed by atoms with Crippen LogP contribution in [0, 0.1) is 23.3 Å². The second kappa shape index (κ2) is 23.4. The molecule has 74 heavy (non-hydrogen) atoms. The maximum Gasteiger partial charge on any atom is 0.416 e. The number of rotatable bonds is 7. The zero-order chi connectivity index (χ0) is 54.9. The molecular weight excluding hydrogens is 1050 g/mol. The summed E-state index contributed by atoms with van der Waals surface area (Å²) >= 11 is 5.84. The van der Waals surface area contributed by atoms with Crippen LogP contribution in [0.25, 0.3) is 6.08 Å². The molecule has 1 N–H and O–H groups in total. The van der Waals surface area contributed by atoms with Crippen LogP contribution in [-0.2, 0) is 34.2 Å². The highest BCUT2D eigenvalue weighted by atomic mass is 35.5. The minimum Gasteiger partial charge on any atom is -0.457 e. The van der Waals surface area contributed by atoms with Crippen LogP contribution in [0.2, 0.25) is 5.02 Å². The third kappa shape index (κ3) is 16.1. The van der Waals surface area contributed by atoms with Crippen molar-refractivity contribution in [3.05, 3.63) is 201 Å². The summed E-state index contributed by atoms with van der Waals surface area (Å²) in [4.78, 5) is 34.3. The summed E-state index contributed by atoms with van der Waals surface area (Å²) in [6, 6.07) is 19.7. The molecule has 2 aliphatic rings. The Morgan fingerprint density at radius 2 is 0.973 bits per heavy atom. The highest BCUT2D eigenvalue weighted by Crippen LogP contribution is 2.39. The number of hydrogen-bond acceptors (Lipinski definition) is 6. The highest BCUT2D eigenvalue weighted by Gasteiger charge is 2.39. The number of nitrogens with one attached hydrogen (secondary N) is 1. The van der Waals surface area contributed by atoms with Gasteiger partial charge in [-0.05, 0) is 138 Å². The van der Waals surface area contributed by atoms with Gasteiger partial charge < -0.3 is 19.5 Å². The maximum atomic E-state index is 13.9. The minimum atomic E-state index is -4.72. The second-order valence-electron chi connectivity index (χ2n) is 15.2. The predicted octanol–water partition coefficient (Wildman–Crippen LogP) is 15.8. The standard InChI is InChI=1S/C22H14ClF4NO3.C10H7F4NO2.C9H6F4.C8H4F4O/c23-15-1-5-18(6-2-15)31-19-7-3-17(4-8-19)28-20(12-30-21(28)29)13-9-14(22(25,26)27)11-16(24)10-13;11-7-2-5(8-4-17-9(16)15-8)1-6(3-7)10(12,13)14;1-2-6-3-7(9(11,12)13)5-8(10)4-6;9-7-2-5(4-13)1-6(3-7)8(10,11)12/h1-11,20H,12H2;1-3,8H,4H2,(H,15,16);2-5H,1H2;1-4H/t20-;8-;;/m11../s1. The lowest BCUT2D eigenvalue weighted by Crippen LogP contribution is -2.27. The summed E-state index contributed by atoms with van der Waals surface area (Å²) in [5.74, 6) is -3.01. The van der Waals surface area contributed by atoms with Gasteiger partial charge in [0.15, 0.2) is 0 Å². The average molecular weight is 1080 g/mol. The van der Waals surface area contributed by atoms with Crippen molar-refractivity contribution in [2.45, 2.75) is 36.8 Å². The largest absolute Gasteiger partial charge is 0.457 e. The van der Waals surface area contributed by atoms with E-state index in [1.807, 2.05) is 0 Å². The Labute approximate surface area is 412 Å². The minimum absolute atomic E-state index is 0.0142. The molecule has 2 saturated heterocycles. The van der Waals surface area contributed by atoms with E-state index in [0.29, 0.717) is 52.5 Å². The number of amides is 2. The van der Waals surface area contributed by atoms with E-state index in [-0.39, 0.29) is 41.8 Å². The van der Waals surface area contributed by atoms with E-state index in [2.05, 4.69) is 16.6 Å². The third-order valence-electron chi connectivity index (χ3n) is 9.86. The Hall–Kier alpha value is -7.76. The van der Waals surface area contributed by atoms with Crippen molar-refractivity contribution in [1.82, 2.24) is 5.32 Å². The number of nitrogens with zero attached hydrogens (tertiary/aromatic N) is 1. The molecule has 8 nitrogen and oxygen atoms in total. The lowest BCUT2D eigenvalue weighted by Gasteiger charge is -2.23. The van der Waals surface area contributed by atoms with E-state index >= 15 is 0 Å². The fourth-order valence-electron chi connectivity index (χ4n) is 6.51. The van der Waals surface area contributed by atoms with E-state index in [4.69, 9.17) is 21.1 Å². The van der Waals surface area contributed by atoms with Gasteiger partial charge in [-0.1, -0.05) is 24.3 Å². The number of cyclic esters (lactones) is 2. The van der Waals surface area contributed by atoms with Crippen LogP contribution in [0.3, 0.4) is 0 Å². The van der Waals surface area contributed by atoms with E-state index in [0.717, 1.165) is 42.5 Å². The quantitative estimate of drug-likeness (QED) is 0.126. The maximum absolute atomic E-state index is 13.9. The van der Waals surface area contributed by atoms with Gasteiger partial charge in [0.05, 0.1) is 34.3 Å². The SMILES string of the molecule is C=Cc1cc(F)cc(C(F)(F)F)c1.O=C1N[C@@H](c2cc(F)cc(C(F)(F)F)c2)CO1.O=C1OC[C@H](c2cc(F)cc(C(F)(F)F)c2)N1c1ccc(Oc2ccc(Cl)cc2)cc1.O=Cc1cc(F)cc(C(F)(F)F)c1. The molecule has 6 aromatic rings. The first-order valence-corrected chi connectivity index (χ1v) is 20.8. The van der Waals surface area contributed by atoms with Crippen LogP contribution in [0.4, 0.5) is 85.5 Å². The zero-order valence-corrected chi connectivity index (χ0v) is 37.6. The molecule has 2 atom stereocenters. The topological polar surface area (TPSA) is 94.2 Å². The Balaban J connectivity index is 0.000000199. The number of carbonyl (C=O) groups is 3. The molecular formula is C49H31ClF16N2O6. The fraction of sp³-hybridized carbons (Fsp3) is 0.163. The molecule has 0 spiro atoms. The van der Waals surface area contributed by atoms with Crippen molar-refractivity contribution in [2.24, 2.45) is 0 Å². The fourth-order valence-corrected chi connectivity index (χ4v) is 6.64. The first-order chi connectivity index (χ1) is 34.4. The van der Waals surface area contributed by atoms with Crippen molar-refractivity contribution < 1.29 is 98.8 Å². The van der Waals surface area contributed by atoms with Crippen molar-refractivity contribution in [3.63, 3.8) is 0 Å². The van der Waals surface area contributed by atoms with Crippen LogP contribution in [0.5, 0.6) is 11.5 Å². The van der Waals surface area contributed by atoms with Gasteiger partial charge in [-0.2, -0.15) is 52.7 Å². The van der Waals surface area contributed by atoms with Crippen LogP contribution >= 0.6 is 11.6 Å². The number of benzene rings is 6. The molecule has 2 amide bonds. The molecule has 0 bridgehead atoms. The molecule has 6 aromatic carbocycles. The molecule has 8 rings (SSSR count). The molecule has 0 radical (unpaired) electrons. The summed E-state index contributed by atoms with van der Waals surface area (Å²) in [6.45, 7) is 2.94. The number of ether oxygens (including phenoxy) is 3. The Kier molecular flexibility index (Phi) is 18.1. The first-order valence-electron chi connectivity index (χ1n) is 20.4. The van der Waals surface area contributed by atoms with Crippen LogP contribution in [-0.4, -0.2) is 31.7 Å². The van der Waals surface area contributed by atoms with Crippen LogP contribution in [0.1, 0.15) is 61.4 Å². The average Bonchev–Trinajstić information content (AvgIpc) is 3.94. The number of carbonyl (C=O) groups excluding carboxylic acids is 3. The summed E-state index contributed by atoms with van der Waals surface area (Å²) in [6.07, 6.45) is -18.6. The van der Waals surface area contributed by atoms with Gasteiger partial charge in [0.2, 0.25) is 0 Å². The molecule has 0 aromatic heterocycles. The molecule has 0 unspecified atom stereocenters. The number of alkyl halides is 12. The molecule has 0 saturated carbocycles. The van der Waals surface area contributed by atoms with Crippen molar-refractivity contribution in [2.75, 3.05) is 18.1 Å². The van der Waals surface area contributed by atoms with E-state index in [9.17, 15) is 84.6 Å². The Morgan fingerprint density at radius 1 is 0.554 bits per heavy atom. The lowest BCUT2D eigenvalue weighted by molar-refractivity contribution is -0.138. The summed E-state index contributed by atoms with van der Waals surface area (Å²) in [5.41, 5.74) is -4.20. The van der Waals surface area contributed by atoms with Gasteiger partial charge in [0, 0.05) is 16.3 Å². The van der Waals surface area contributed by atoms with Crippen molar-refractivity contribution in [3.8, 4) is 11.5 Å². The third-order valence-corrected chi connectivity index (χ3v) is 10.1. The summed E-state index contributed by atoms with van der Waals surface area (Å²) < 4.78 is 216. The van der Waals surface area contributed by atoms with E-state index in [1.54, 1.807) is 48.5 Å². The van der Waals surface area contributed by atoms with Gasteiger partial charge in [0.1, 0.15) is 54.3 Å². The molecule has 2 fully saturated rings. The highest BCUT2D eigenvalue weighted by molar-refractivity contribution is 6.30. The van der Waals surface area contributed by atoms with Gasteiger partial charge in [-0.25, -0.2) is 27.2 Å². The zero-order valence-electron chi connectivity index (χ0n) is 36.8. The predicted molar refractivity (Wildman–Crippen MR) is 233 cm³/mol. The van der Waals surface area contributed by atoms with Crippen LogP contribution in [0.15, 0.2) is 128 Å². The number of aldehydes is 1. The second-order valence-corrected chi connectivity index (χ2v) is 15.7. The van der Waals surface area contributed by atoms with E-state index in [1.165, 1.54) is 11.0 Å². The number of anilines is 1. The molecule has 392 valence electrons. The molecule has 2 aliphatic heterocycles. The lowest BCUT2D eigenvalue weighted by atomic mass is 10.0. The molecule has 25 heteroatoms. The Morgan fingerprint density at radius 3 is 1.42 bits per heavy atom. The molecule has 0 aliphatic carbocycles. The normalized spacial score (nSPS) is 15.4. The van der Waals surface area contributed by atoms with Gasteiger partial charge in [0.25, 0.3) is 0 Å². The van der Waals surface area contributed by atoms with Gasteiger partial charge >= 0.3 is 36.9 Å². The summed E-state index contributed by atoms with van der Waals surface area (Å²) in [5, 5.41) is 2.84. The van der Waals surface area contributed by atoms with E-state index < -0.39 is 94.5 Å². The number of alkyl carbamates (subject to hydrolysis) is 1. The van der Waals surface area contributed by atoms with Gasteiger partial charge in [-0.15, -0.1) is 0 Å². The van der Waals surface area contributed by atoms with Gasteiger partial charge in [-0.3, -0.25) is 9.69 Å². The Bertz CT molecular complexity index is 2900. The monoisotopic (exact) mass is 1080 g/mol. The number of halogens is 17. The summed E-state index contributed by atoms with van der Waals surface area (Å²) in [7, 11) is 0. The number of hydrogen-bond donors (Lipinski definition) is 1. The first kappa shape index (κ1) is 57.1. The molecule has 2 heterocycles. The van der Waals surface area contributed by atoms with Crippen molar-refractivity contribution >= 4 is 41.8 Å². The smallest absolute Gasteiger partial charge is 0.416 e. The van der Waals surface area contributed by atoms with Crippen LogP contribution < -0.4 is 15.0 Å². The van der Waals surface area contributed by atoms with Crippen molar-refractivity contribution in [1.29, 1.82) is 0 Å².